The van der Waals surface area contributed by atoms with Crippen molar-refractivity contribution < 1.29 is 4.79 Å². The molecular formula is C13H14Br2O. The Morgan fingerprint density at radius 2 is 2.19 bits per heavy atom. The van der Waals surface area contributed by atoms with Crippen LogP contribution in [-0.4, -0.2) is 10.6 Å². The number of halogens is 2. The van der Waals surface area contributed by atoms with Gasteiger partial charge in [0.2, 0.25) is 0 Å². The highest BCUT2D eigenvalue weighted by Crippen LogP contribution is 2.34. The van der Waals surface area contributed by atoms with Gasteiger partial charge in [-0.3, -0.25) is 4.79 Å². The highest BCUT2D eigenvalue weighted by atomic mass is 79.9. The van der Waals surface area contributed by atoms with Crippen molar-refractivity contribution in [2.75, 3.05) is 0 Å². The van der Waals surface area contributed by atoms with Crippen LogP contribution in [-0.2, 0) is 11.2 Å². The van der Waals surface area contributed by atoms with Crippen LogP contribution in [0.15, 0.2) is 22.7 Å². The smallest absolute Gasteiger partial charge is 0.149 e. The second-order valence-corrected chi connectivity index (χ2v) is 6.29. The SMILES string of the molecule is Cc1cccc(CC(Br)C(=O)C2CC2)c1Br. The van der Waals surface area contributed by atoms with E-state index in [0.29, 0.717) is 11.7 Å². The minimum absolute atomic E-state index is 0.0295. The normalized spacial score (nSPS) is 17.2. The maximum absolute atomic E-state index is 11.8. The number of carbonyl (C=O) groups is 1. The Labute approximate surface area is 113 Å². The summed E-state index contributed by atoms with van der Waals surface area (Å²) in [5.41, 5.74) is 2.42. The molecule has 1 aromatic rings. The molecule has 0 spiro atoms. The molecule has 1 unspecified atom stereocenters. The zero-order chi connectivity index (χ0) is 11.7. The Hall–Kier alpha value is -0.150. The van der Waals surface area contributed by atoms with Gasteiger partial charge in [-0.05, 0) is 37.3 Å². The zero-order valence-corrected chi connectivity index (χ0v) is 12.3. The molecule has 1 nitrogen and oxygen atoms in total. The average Bonchev–Trinajstić information content (AvgIpc) is 3.07. The van der Waals surface area contributed by atoms with Gasteiger partial charge >= 0.3 is 0 Å². The standard InChI is InChI=1S/C13H14Br2O/c1-8-3-2-4-10(12(8)15)7-11(14)13(16)9-5-6-9/h2-4,9,11H,5-7H2,1H3. The molecule has 86 valence electrons. The van der Waals surface area contributed by atoms with E-state index in [2.05, 4.69) is 50.9 Å². The van der Waals surface area contributed by atoms with Gasteiger partial charge in [-0.2, -0.15) is 0 Å². The lowest BCUT2D eigenvalue weighted by molar-refractivity contribution is -0.119. The summed E-state index contributed by atoms with van der Waals surface area (Å²) in [5.74, 6) is 0.696. The Kier molecular flexibility index (Phi) is 3.85. The molecule has 0 radical (unpaired) electrons. The van der Waals surface area contributed by atoms with Crippen molar-refractivity contribution in [3.8, 4) is 0 Å². The number of alkyl halides is 1. The van der Waals surface area contributed by atoms with Crippen LogP contribution in [0, 0.1) is 12.8 Å². The highest BCUT2D eigenvalue weighted by molar-refractivity contribution is 9.10. The molecule has 0 bridgehead atoms. The molecule has 0 amide bonds. The summed E-state index contributed by atoms with van der Waals surface area (Å²) in [6.45, 7) is 2.07. The molecule has 0 N–H and O–H groups in total. The van der Waals surface area contributed by atoms with Crippen molar-refractivity contribution >= 4 is 37.6 Å². The van der Waals surface area contributed by atoms with Crippen molar-refractivity contribution in [2.45, 2.75) is 31.0 Å². The number of Topliss-reactive ketones (excluding diaryl/α,β-unsaturated/α-hetero) is 1. The molecule has 16 heavy (non-hydrogen) atoms. The predicted molar refractivity (Wildman–Crippen MR) is 73.0 cm³/mol. The fourth-order valence-electron chi connectivity index (χ4n) is 1.78. The first kappa shape index (κ1) is 12.3. The number of aryl methyl sites for hydroxylation is 1. The van der Waals surface area contributed by atoms with Crippen molar-refractivity contribution in [1.82, 2.24) is 0 Å². The topological polar surface area (TPSA) is 17.1 Å². The molecule has 1 saturated carbocycles. The molecule has 1 aliphatic rings. The van der Waals surface area contributed by atoms with Crippen molar-refractivity contribution in [1.29, 1.82) is 0 Å². The van der Waals surface area contributed by atoms with Crippen LogP contribution in [0.3, 0.4) is 0 Å². The van der Waals surface area contributed by atoms with Crippen LogP contribution in [0.5, 0.6) is 0 Å². The molecule has 1 fully saturated rings. The lowest BCUT2D eigenvalue weighted by atomic mass is 10.0. The largest absolute Gasteiger partial charge is 0.298 e. The van der Waals surface area contributed by atoms with Crippen LogP contribution >= 0.6 is 31.9 Å². The molecule has 2 rings (SSSR count). The molecule has 0 saturated heterocycles. The van der Waals surface area contributed by atoms with E-state index in [1.165, 1.54) is 11.1 Å². The van der Waals surface area contributed by atoms with Crippen LogP contribution < -0.4 is 0 Å². The number of carbonyl (C=O) groups excluding carboxylic acids is 1. The number of benzene rings is 1. The Morgan fingerprint density at radius 3 is 2.81 bits per heavy atom. The Morgan fingerprint density at radius 1 is 1.50 bits per heavy atom. The minimum atomic E-state index is -0.0295. The molecule has 0 heterocycles. The summed E-state index contributed by atoms with van der Waals surface area (Å²) in [6, 6.07) is 6.18. The third-order valence-electron chi connectivity index (χ3n) is 2.96. The van der Waals surface area contributed by atoms with Crippen LogP contribution in [0.1, 0.15) is 24.0 Å². The van der Waals surface area contributed by atoms with Crippen molar-refractivity contribution in [3.05, 3.63) is 33.8 Å². The maximum atomic E-state index is 11.8. The lowest BCUT2D eigenvalue weighted by Gasteiger charge is -2.11. The summed E-state index contributed by atoms with van der Waals surface area (Å²) in [6.07, 6.45) is 2.93. The van der Waals surface area contributed by atoms with E-state index >= 15 is 0 Å². The monoisotopic (exact) mass is 344 g/mol. The Balaban J connectivity index is 2.08. The molecule has 1 atom stereocenters. The van der Waals surface area contributed by atoms with Crippen molar-refractivity contribution in [3.63, 3.8) is 0 Å². The van der Waals surface area contributed by atoms with Gasteiger partial charge in [0.25, 0.3) is 0 Å². The van der Waals surface area contributed by atoms with E-state index < -0.39 is 0 Å². The lowest BCUT2D eigenvalue weighted by Crippen LogP contribution is -2.18. The summed E-state index contributed by atoms with van der Waals surface area (Å²) >= 11 is 7.09. The van der Waals surface area contributed by atoms with Gasteiger partial charge in [-0.15, -0.1) is 0 Å². The number of ketones is 1. The molecule has 3 heteroatoms. The summed E-state index contributed by atoms with van der Waals surface area (Å²) in [4.78, 5) is 11.8. The molecule has 1 aliphatic carbocycles. The second-order valence-electron chi connectivity index (χ2n) is 4.40. The fraction of sp³-hybridized carbons (Fsp3) is 0.462. The van der Waals surface area contributed by atoms with Gasteiger partial charge in [0.15, 0.2) is 0 Å². The molecule has 1 aromatic carbocycles. The average molecular weight is 346 g/mol. The summed E-state index contributed by atoms with van der Waals surface area (Å²) in [5, 5.41) is 0. The van der Waals surface area contributed by atoms with Crippen LogP contribution in [0.4, 0.5) is 0 Å². The van der Waals surface area contributed by atoms with Gasteiger partial charge in [-0.1, -0.05) is 50.1 Å². The van der Waals surface area contributed by atoms with E-state index in [-0.39, 0.29) is 4.83 Å². The highest BCUT2D eigenvalue weighted by Gasteiger charge is 2.33. The summed E-state index contributed by atoms with van der Waals surface area (Å²) < 4.78 is 1.13. The maximum Gasteiger partial charge on any atom is 0.149 e. The summed E-state index contributed by atoms with van der Waals surface area (Å²) in [7, 11) is 0. The van der Waals surface area contributed by atoms with Gasteiger partial charge in [-0.25, -0.2) is 0 Å². The van der Waals surface area contributed by atoms with Gasteiger partial charge in [0.05, 0.1) is 4.83 Å². The van der Waals surface area contributed by atoms with Gasteiger partial charge < -0.3 is 0 Å². The third-order valence-corrected chi connectivity index (χ3v) is 4.87. The number of rotatable bonds is 4. The number of hydrogen-bond donors (Lipinski definition) is 0. The first-order valence-corrected chi connectivity index (χ1v) is 7.22. The van der Waals surface area contributed by atoms with Crippen molar-refractivity contribution in [2.24, 2.45) is 5.92 Å². The first-order chi connectivity index (χ1) is 7.59. The zero-order valence-electron chi connectivity index (χ0n) is 9.17. The quantitative estimate of drug-likeness (QED) is 0.752. The molecule has 0 aromatic heterocycles. The second kappa shape index (κ2) is 5.01. The van der Waals surface area contributed by atoms with Crippen LogP contribution in [0.25, 0.3) is 0 Å². The minimum Gasteiger partial charge on any atom is -0.298 e. The van der Waals surface area contributed by atoms with E-state index in [9.17, 15) is 4.79 Å². The van der Waals surface area contributed by atoms with E-state index in [1.54, 1.807) is 0 Å². The van der Waals surface area contributed by atoms with Gasteiger partial charge in [0, 0.05) is 10.4 Å². The Bertz CT molecular complexity index is 410. The first-order valence-electron chi connectivity index (χ1n) is 5.51. The van der Waals surface area contributed by atoms with E-state index in [1.807, 2.05) is 6.07 Å². The molecular weight excluding hydrogens is 332 g/mol. The van der Waals surface area contributed by atoms with Crippen LogP contribution in [0.2, 0.25) is 0 Å². The third kappa shape index (κ3) is 2.75. The number of hydrogen-bond acceptors (Lipinski definition) is 1. The van der Waals surface area contributed by atoms with E-state index in [0.717, 1.165) is 23.7 Å². The van der Waals surface area contributed by atoms with Gasteiger partial charge in [0.1, 0.15) is 5.78 Å². The van der Waals surface area contributed by atoms with E-state index in [4.69, 9.17) is 0 Å². The predicted octanol–water partition coefficient (Wildman–Crippen LogP) is 4.04. The fourth-order valence-corrected chi connectivity index (χ4v) is 2.93. The molecule has 0 aliphatic heterocycles.